The van der Waals surface area contributed by atoms with Crippen molar-refractivity contribution in [1.82, 2.24) is 9.88 Å². The Bertz CT molecular complexity index is 596. The van der Waals surface area contributed by atoms with Crippen LogP contribution < -0.4 is 0 Å². The van der Waals surface area contributed by atoms with Gasteiger partial charge in [-0.05, 0) is 50.4 Å². The number of piperidine rings is 1. The molecule has 2 aliphatic rings. The van der Waals surface area contributed by atoms with Crippen LogP contribution in [0.15, 0.2) is 18.2 Å². The normalized spacial score (nSPS) is 23.9. The molecule has 0 radical (unpaired) electrons. The first kappa shape index (κ1) is 10.6. The maximum absolute atomic E-state index is 3.70. The number of aryl methyl sites for hydroxylation is 1. The lowest BCUT2D eigenvalue weighted by Crippen LogP contribution is -2.38. The molecule has 1 saturated heterocycles. The molecule has 0 aliphatic carbocycles. The minimum absolute atomic E-state index is 0.662. The zero-order chi connectivity index (χ0) is 12.1. The highest BCUT2D eigenvalue weighted by Gasteiger charge is 2.31. The predicted octanol–water partition coefficient (Wildman–Crippen LogP) is 3.56. The van der Waals surface area contributed by atoms with Crippen molar-refractivity contribution in [3.8, 4) is 0 Å². The van der Waals surface area contributed by atoms with Gasteiger partial charge in [0.2, 0.25) is 0 Å². The number of aromatic amines is 1. The summed E-state index contributed by atoms with van der Waals surface area (Å²) < 4.78 is 0. The molecule has 2 aromatic rings. The van der Waals surface area contributed by atoms with Crippen molar-refractivity contribution in [2.24, 2.45) is 0 Å². The Morgan fingerprint density at radius 2 is 2.17 bits per heavy atom. The second-order valence-electron chi connectivity index (χ2n) is 5.86. The molecule has 1 unspecified atom stereocenters. The predicted molar refractivity (Wildman–Crippen MR) is 74.9 cm³/mol. The first-order chi connectivity index (χ1) is 8.83. The smallest absolute Gasteiger partial charge is 0.0501 e. The third-order valence-electron chi connectivity index (χ3n) is 4.69. The molecule has 1 fully saturated rings. The van der Waals surface area contributed by atoms with Gasteiger partial charge in [0.25, 0.3) is 0 Å². The van der Waals surface area contributed by atoms with Gasteiger partial charge in [0.05, 0.1) is 6.04 Å². The van der Waals surface area contributed by atoms with E-state index >= 15 is 0 Å². The van der Waals surface area contributed by atoms with Crippen molar-refractivity contribution >= 4 is 10.9 Å². The summed E-state index contributed by atoms with van der Waals surface area (Å²) in [6, 6.07) is 7.47. The summed E-state index contributed by atoms with van der Waals surface area (Å²) in [5.74, 6) is 0. The average Bonchev–Trinajstić information content (AvgIpc) is 2.77. The lowest BCUT2D eigenvalue weighted by molar-refractivity contribution is 0.136. The molecule has 0 bridgehead atoms. The Hall–Kier alpha value is -1.28. The van der Waals surface area contributed by atoms with Crippen LogP contribution in [-0.4, -0.2) is 23.0 Å². The Balaban J connectivity index is 1.89. The van der Waals surface area contributed by atoms with E-state index in [1.165, 1.54) is 60.9 Å². The Kier molecular flexibility index (Phi) is 2.28. The molecule has 0 saturated carbocycles. The zero-order valence-electron chi connectivity index (χ0n) is 11.0. The van der Waals surface area contributed by atoms with Gasteiger partial charge in [-0.3, -0.25) is 4.90 Å². The largest absolute Gasteiger partial charge is 0.357 e. The number of nitrogens with one attached hydrogen (secondary N) is 1. The van der Waals surface area contributed by atoms with Crippen molar-refractivity contribution < 1.29 is 0 Å². The SMILES string of the molecule is Cc1ccc2[nH]c3c(c2c1)CCN1CCCCC31. The minimum Gasteiger partial charge on any atom is -0.357 e. The van der Waals surface area contributed by atoms with E-state index in [1.54, 1.807) is 5.56 Å². The van der Waals surface area contributed by atoms with Gasteiger partial charge in [0.15, 0.2) is 0 Å². The van der Waals surface area contributed by atoms with Crippen LogP contribution in [-0.2, 0) is 6.42 Å². The summed E-state index contributed by atoms with van der Waals surface area (Å²) in [5, 5.41) is 1.47. The number of H-pyrrole nitrogens is 1. The van der Waals surface area contributed by atoms with Crippen molar-refractivity contribution in [1.29, 1.82) is 0 Å². The molecule has 1 atom stereocenters. The molecular formula is C16H20N2. The van der Waals surface area contributed by atoms with Crippen LogP contribution in [0.3, 0.4) is 0 Å². The standard InChI is InChI=1S/C16H20N2/c1-11-5-6-14-13(10-11)12-7-9-18-8-3-2-4-15(18)16(12)17-14/h5-6,10,15,17H,2-4,7-9H2,1H3. The monoisotopic (exact) mass is 240 g/mol. The number of rotatable bonds is 0. The fourth-order valence-electron chi connectivity index (χ4n) is 3.78. The van der Waals surface area contributed by atoms with Crippen molar-refractivity contribution in [3.63, 3.8) is 0 Å². The number of hydrogen-bond donors (Lipinski definition) is 1. The number of benzene rings is 1. The van der Waals surface area contributed by atoms with Gasteiger partial charge in [-0.15, -0.1) is 0 Å². The summed E-state index contributed by atoms with van der Waals surface area (Å²) in [4.78, 5) is 6.38. The molecule has 94 valence electrons. The fourth-order valence-corrected chi connectivity index (χ4v) is 3.78. The van der Waals surface area contributed by atoms with Gasteiger partial charge in [-0.2, -0.15) is 0 Å². The fraction of sp³-hybridized carbons (Fsp3) is 0.500. The van der Waals surface area contributed by atoms with Gasteiger partial charge in [-0.1, -0.05) is 18.1 Å². The lowest BCUT2D eigenvalue weighted by Gasteiger charge is -2.39. The van der Waals surface area contributed by atoms with Gasteiger partial charge in [-0.25, -0.2) is 0 Å². The highest BCUT2D eigenvalue weighted by atomic mass is 15.2. The van der Waals surface area contributed by atoms with Crippen LogP contribution in [0.5, 0.6) is 0 Å². The first-order valence-corrected chi connectivity index (χ1v) is 7.18. The third kappa shape index (κ3) is 1.45. The quantitative estimate of drug-likeness (QED) is 0.746. The molecule has 1 aromatic carbocycles. The van der Waals surface area contributed by atoms with Crippen molar-refractivity contribution in [2.75, 3.05) is 13.1 Å². The van der Waals surface area contributed by atoms with Crippen LogP contribution in [0.2, 0.25) is 0 Å². The topological polar surface area (TPSA) is 19.0 Å². The first-order valence-electron chi connectivity index (χ1n) is 7.18. The van der Waals surface area contributed by atoms with Crippen molar-refractivity contribution in [2.45, 2.75) is 38.6 Å². The maximum atomic E-state index is 3.70. The van der Waals surface area contributed by atoms with E-state index in [9.17, 15) is 0 Å². The minimum atomic E-state index is 0.662. The van der Waals surface area contributed by atoms with Gasteiger partial charge >= 0.3 is 0 Å². The number of aromatic nitrogens is 1. The van der Waals surface area contributed by atoms with E-state index in [0.717, 1.165) is 0 Å². The third-order valence-corrected chi connectivity index (χ3v) is 4.69. The van der Waals surface area contributed by atoms with Crippen LogP contribution in [0, 0.1) is 6.92 Å². The van der Waals surface area contributed by atoms with E-state index in [4.69, 9.17) is 0 Å². The molecule has 1 N–H and O–H groups in total. The molecule has 4 rings (SSSR count). The molecule has 1 aromatic heterocycles. The van der Waals surface area contributed by atoms with Crippen LogP contribution >= 0.6 is 0 Å². The van der Waals surface area contributed by atoms with Gasteiger partial charge in [0, 0.05) is 23.1 Å². The van der Waals surface area contributed by atoms with Crippen LogP contribution in [0.25, 0.3) is 10.9 Å². The molecule has 2 aliphatic heterocycles. The molecule has 0 spiro atoms. The molecule has 3 heterocycles. The number of nitrogens with zero attached hydrogens (tertiary/aromatic N) is 1. The average molecular weight is 240 g/mol. The maximum Gasteiger partial charge on any atom is 0.0501 e. The number of hydrogen-bond acceptors (Lipinski definition) is 1. The second-order valence-corrected chi connectivity index (χ2v) is 5.86. The van der Waals surface area contributed by atoms with E-state index in [-0.39, 0.29) is 0 Å². The lowest BCUT2D eigenvalue weighted by atomic mass is 9.91. The summed E-state index contributed by atoms with van der Waals surface area (Å²) in [6.45, 7) is 4.73. The number of fused-ring (bicyclic) bond motifs is 5. The molecule has 2 heteroatoms. The molecule has 2 nitrogen and oxygen atoms in total. The Morgan fingerprint density at radius 1 is 1.22 bits per heavy atom. The van der Waals surface area contributed by atoms with Gasteiger partial charge < -0.3 is 4.98 Å². The Labute approximate surface area is 108 Å². The van der Waals surface area contributed by atoms with Crippen LogP contribution in [0.4, 0.5) is 0 Å². The molecule has 18 heavy (non-hydrogen) atoms. The summed E-state index contributed by atoms with van der Waals surface area (Å²) in [5.41, 5.74) is 5.81. The summed E-state index contributed by atoms with van der Waals surface area (Å²) >= 11 is 0. The van der Waals surface area contributed by atoms with Gasteiger partial charge in [0.1, 0.15) is 0 Å². The second kappa shape index (κ2) is 3.86. The Morgan fingerprint density at radius 3 is 3.11 bits per heavy atom. The molecule has 0 amide bonds. The van der Waals surface area contributed by atoms with E-state index in [0.29, 0.717) is 6.04 Å². The zero-order valence-corrected chi connectivity index (χ0v) is 11.0. The van der Waals surface area contributed by atoms with E-state index < -0.39 is 0 Å². The van der Waals surface area contributed by atoms with E-state index in [2.05, 4.69) is 35.0 Å². The molecular weight excluding hydrogens is 220 g/mol. The summed E-state index contributed by atoms with van der Waals surface area (Å²) in [6.07, 6.45) is 5.31. The van der Waals surface area contributed by atoms with Crippen molar-refractivity contribution in [3.05, 3.63) is 35.0 Å². The highest BCUT2D eigenvalue weighted by Crippen LogP contribution is 2.39. The highest BCUT2D eigenvalue weighted by molar-refractivity contribution is 5.85. The summed E-state index contributed by atoms with van der Waals surface area (Å²) in [7, 11) is 0. The van der Waals surface area contributed by atoms with E-state index in [1.807, 2.05) is 0 Å². The van der Waals surface area contributed by atoms with Crippen LogP contribution in [0.1, 0.15) is 42.1 Å².